The Hall–Kier alpha value is -3.41. The van der Waals surface area contributed by atoms with Gasteiger partial charge in [-0.05, 0) is 36.2 Å². The lowest BCUT2D eigenvalue weighted by Crippen LogP contribution is -2.47. The first-order valence-electron chi connectivity index (χ1n) is 9.99. The van der Waals surface area contributed by atoms with Gasteiger partial charge in [0.1, 0.15) is 11.6 Å². The van der Waals surface area contributed by atoms with Crippen LogP contribution in [0.1, 0.15) is 12.0 Å². The first kappa shape index (κ1) is 18.9. The number of aromatic nitrogens is 2. The molecule has 1 aliphatic rings. The Morgan fingerprint density at radius 3 is 2.14 bits per heavy atom. The molecule has 148 valence electrons. The Labute approximate surface area is 171 Å². The third-order valence-corrected chi connectivity index (χ3v) is 5.09. The molecule has 6 heteroatoms. The Morgan fingerprint density at radius 1 is 0.828 bits per heavy atom. The predicted octanol–water partition coefficient (Wildman–Crippen LogP) is 3.37. The normalized spacial score (nSPS) is 13.9. The van der Waals surface area contributed by atoms with Crippen LogP contribution in [0.2, 0.25) is 0 Å². The Bertz CT molecular complexity index is 907. The number of hydrogen-bond donors (Lipinski definition) is 1. The molecular formula is C23H25N5O. The minimum Gasteiger partial charge on any atom is -0.353 e. The minimum atomic E-state index is 0.00683. The van der Waals surface area contributed by atoms with Crippen LogP contribution in [-0.4, -0.2) is 42.1 Å². The number of amides is 1. The van der Waals surface area contributed by atoms with E-state index in [4.69, 9.17) is 0 Å². The van der Waals surface area contributed by atoms with Gasteiger partial charge in [-0.3, -0.25) is 4.79 Å². The van der Waals surface area contributed by atoms with Gasteiger partial charge < -0.3 is 15.1 Å². The first-order chi connectivity index (χ1) is 14.3. The van der Waals surface area contributed by atoms with E-state index < -0.39 is 0 Å². The lowest BCUT2D eigenvalue weighted by Gasteiger charge is -2.36. The smallest absolute Gasteiger partial charge is 0.224 e. The van der Waals surface area contributed by atoms with Gasteiger partial charge in [-0.1, -0.05) is 36.4 Å². The molecule has 1 aliphatic heterocycles. The SMILES string of the molecule is O=C(CCc1ccccc1)Nc1ccc(N2CCN(c3ccccn3)CC2)nc1. The van der Waals surface area contributed by atoms with Gasteiger partial charge in [-0.2, -0.15) is 0 Å². The van der Waals surface area contributed by atoms with Crippen molar-refractivity contribution >= 4 is 23.2 Å². The molecular weight excluding hydrogens is 362 g/mol. The van der Waals surface area contributed by atoms with E-state index in [2.05, 4.69) is 25.1 Å². The number of piperazine rings is 1. The average Bonchev–Trinajstić information content (AvgIpc) is 2.80. The third-order valence-electron chi connectivity index (χ3n) is 5.09. The molecule has 1 aromatic carbocycles. The average molecular weight is 387 g/mol. The zero-order valence-electron chi connectivity index (χ0n) is 16.4. The summed E-state index contributed by atoms with van der Waals surface area (Å²) in [6.07, 6.45) is 4.76. The molecule has 29 heavy (non-hydrogen) atoms. The van der Waals surface area contributed by atoms with Crippen molar-refractivity contribution in [1.82, 2.24) is 9.97 Å². The Balaban J connectivity index is 1.26. The molecule has 0 unspecified atom stereocenters. The number of hydrogen-bond acceptors (Lipinski definition) is 5. The van der Waals surface area contributed by atoms with Crippen molar-refractivity contribution in [3.05, 3.63) is 78.6 Å². The third kappa shape index (κ3) is 5.10. The zero-order valence-corrected chi connectivity index (χ0v) is 16.4. The summed E-state index contributed by atoms with van der Waals surface area (Å²) in [5.74, 6) is 1.97. The number of rotatable bonds is 6. The van der Waals surface area contributed by atoms with Gasteiger partial charge in [-0.25, -0.2) is 9.97 Å². The van der Waals surface area contributed by atoms with Crippen LogP contribution in [0.25, 0.3) is 0 Å². The summed E-state index contributed by atoms with van der Waals surface area (Å²) in [6, 6.07) is 19.9. The van der Waals surface area contributed by atoms with Crippen LogP contribution in [0.15, 0.2) is 73.1 Å². The fourth-order valence-electron chi connectivity index (χ4n) is 3.48. The number of carbonyl (C=O) groups excluding carboxylic acids is 1. The van der Waals surface area contributed by atoms with Gasteiger partial charge in [-0.15, -0.1) is 0 Å². The number of nitrogens with one attached hydrogen (secondary N) is 1. The summed E-state index contributed by atoms with van der Waals surface area (Å²) in [6.45, 7) is 3.62. The van der Waals surface area contributed by atoms with E-state index in [1.165, 1.54) is 5.56 Å². The van der Waals surface area contributed by atoms with Crippen molar-refractivity contribution in [1.29, 1.82) is 0 Å². The van der Waals surface area contributed by atoms with E-state index in [0.717, 1.165) is 49.9 Å². The molecule has 1 fully saturated rings. The van der Waals surface area contributed by atoms with E-state index in [9.17, 15) is 4.79 Å². The van der Waals surface area contributed by atoms with Crippen molar-refractivity contribution in [2.24, 2.45) is 0 Å². The highest BCUT2D eigenvalue weighted by atomic mass is 16.1. The van der Waals surface area contributed by atoms with Crippen molar-refractivity contribution in [2.45, 2.75) is 12.8 Å². The lowest BCUT2D eigenvalue weighted by atomic mass is 10.1. The molecule has 0 atom stereocenters. The summed E-state index contributed by atoms with van der Waals surface area (Å²) in [5.41, 5.74) is 1.90. The van der Waals surface area contributed by atoms with Crippen LogP contribution in [0.3, 0.4) is 0 Å². The molecule has 6 nitrogen and oxygen atoms in total. The zero-order chi connectivity index (χ0) is 19.9. The summed E-state index contributed by atoms with van der Waals surface area (Å²) < 4.78 is 0. The minimum absolute atomic E-state index is 0.00683. The molecule has 4 rings (SSSR count). The van der Waals surface area contributed by atoms with E-state index in [1.807, 2.05) is 66.9 Å². The standard InChI is InChI=1S/C23H25N5O/c29-23(12-9-19-6-2-1-3-7-19)26-20-10-11-22(25-18-20)28-16-14-27(15-17-28)21-8-4-5-13-24-21/h1-8,10-11,13,18H,9,12,14-17H2,(H,26,29). The van der Waals surface area contributed by atoms with E-state index in [-0.39, 0.29) is 5.91 Å². The summed E-state index contributed by atoms with van der Waals surface area (Å²) in [5, 5.41) is 2.93. The second kappa shape index (κ2) is 9.19. The van der Waals surface area contributed by atoms with Crippen LogP contribution in [-0.2, 0) is 11.2 Å². The van der Waals surface area contributed by atoms with Gasteiger partial charge in [0, 0.05) is 38.8 Å². The maximum Gasteiger partial charge on any atom is 0.224 e. The second-order valence-corrected chi connectivity index (χ2v) is 7.10. The van der Waals surface area contributed by atoms with Gasteiger partial charge in [0.05, 0.1) is 11.9 Å². The van der Waals surface area contributed by atoms with Crippen LogP contribution in [0, 0.1) is 0 Å². The quantitative estimate of drug-likeness (QED) is 0.703. The monoisotopic (exact) mass is 387 g/mol. The van der Waals surface area contributed by atoms with E-state index in [0.29, 0.717) is 6.42 Å². The summed E-state index contributed by atoms with van der Waals surface area (Å²) in [7, 11) is 0. The number of carbonyl (C=O) groups is 1. The summed E-state index contributed by atoms with van der Waals surface area (Å²) in [4.78, 5) is 25.7. The molecule has 0 saturated carbocycles. The molecule has 1 N–H and O–H groups in total. The van der Waals surface area contributed by atoms with Gasteiger partial charge >= 0.3 is 0 Å². The lowest BCUT2D eigenvalue weighted by molar-refractivity contribution is -0.116. The molecule has 0 radical (unpaired) electrons. The van der Waals surface area contributed by atoms with Gasteiger partial charge in [0.25, 0.3) is 0 Å². The molecule has 0 bridgehead atoms. The van der Waals surface area contributed by atoms with E-state index in [1.54, 1.807) is 6.20 Å². The highest BCUT2D eigenvalue weighted by molar-refractivity contribution is 5.90. The van der Waals surface area contributed by atoms with Crippen LogP contribution in [0.5, 0.6) is 0 Å². The Kier molecular flexibility index (Phi) is 6.00. The largest absolute Gasteiger partial charge is 0.353 e. The molecule has 1 amide bonds. The van der Waals surface area contributed by atoms with Gasteiger partial charge in [0.15, 0.2) is 0 Å². The fourth-order valence-corrected chi connectivity index (χ4v) is 3.48. The predicted molar refractivity (Wildman–Crippen MR) is 116 cm³/mol. The Morgan fingerprint density at radius 2 is 1.52 bits per heavy atom. The number of nitrogens with zero attached hydrogens (tertiary/aromatic N) is 4. The summed E-state index contributed by atoms with van der Waals surface area (Å²) >= 11 is 0. The maximum atomic E-state index is 12.2. The molecule has 0 spiro atoms. The number of anilines is 3. The van der Waals surface area contributed by atoms with E-state index >= 15 is 0 Å². The van der Waals surface area contributed by atoms with Crippen molar-refractivity contribution < 1.29 is 4.79 Å². The number of benzene rings is 1. The van der Waals surface area contributed by atoms with Crippen molar-refractivity contribution in [3.8, 4) is 0 Å². The number of aryl methyl sites for hydroxylation is 1. The number of pyridine rings is 2. The van der Waals surface area contributed by atoms with Crippen molar-refractivity contribution in [3.63, 3.8) is 0 Å². The highest BCUT2D eigenvalue weighted by Gasteiger charge is 2.18. The maximum absolute atomic E-state index is 12.2. The molecule has 3 heterocycles. The van der Waals surface area contributed by atoms with Gasteiger partial charge in [0.2, 0.25) is 5.91 Å². The van der Waals surface area contributed by atoms with Crippen LogP contribution < -0.4 is 15.1 Å². The molecule has 2 aromatic heterocycles. The molecule has 0 aliphatic carbocycles. The van der Waals surface area contributed by atoms with Crippen molar-refractivity contribution in [2.75, 3.05) is 41.3 Å². The first-order valence-corrected chi connectivity index (χ1v) is 9.99. The second-order valence-electron chi connectivity index (χ2n) is 7.10. The highest BCUT2D eigenvalue weighted by Crippen LogP contribution is 2.19. The van der Waals surface area contributed by atoms with Crippen LogP contribution >= 0.6 is 0 Å². The van der Waals surface area contributed by atoms with Crippen LogP contribution in [0.4, 0.5) is 17.3 Å². The molecule has 1 saturated heterocycles. The topological polar surface area (TPSA) is 61.4 Å². The molecule has 3 aromatic rings. The fraction of sp³-hybridized carbons (Fsp3) is 0.261.